The maximum atomic E-state index is 13.4. The van der Waals surface area contributed by atoms with Gasteiger partial charge in [0.05, 0.1) is 53.0 Å². The van der Waals surface area contributed by atoms with Gasteiger partial charge in [0.1, 0.15) is 29.1 Å². The summed E-state index contributed by atoms with van der Waals surface area (Å²) in [6.45, 7) is 0. The molecular weight excluding hydrogens is 718 g/mol. The summed E-state index contributed by atoms with van der Waals surface area (Å²) in [4.78, 5) is 128. The van der Waals surface area contributed by atoms with E-state index in [-0.39, 0.29) is 23.3 Å². The molecular formula is C41H21N7O8. The van der Waals surface area contributed by atoms with Crippen LogP contribution in [0.2, 0.25) is 0 Å². The highest BCUT2D eigenvalue weighted by atomic mass is 16.2. The lowest BCUT2D eigenvalue weighted by Gasteiger charge is -2.32. The second kappa shape index (κ2) is 9.49. The van der Waals surface area contributed by atoms with Crippen LogP contribution >= 0.6 is 0 Å². The zero-order valence-corrected chi connectivity index (χ0v) is 28.4. The van der Waals surface area contributed by atoms with Gasteiger partial charge in [-0.1, -0.05) is 48.6 Å². The molecule has 0 saturated heterocycles. The number of hydrogen-bond donors (Lipinski definition) is 4. The highest BCUT2D eigenvalue weighted by Gasteiger charge is 2.54. The molecule has 15 aliphatic rings. The Morgan fingerprint density at radius 1 is 0.393 bits per heavy atom. The van der Waals surface area contributed by atoms with Crippen LogP contribution in [0.3, 0.4) is 0 Å². The Bertz CT molecular complexity index is 2770. The number of nitrogens with zero attached hydrogens (tertiary/aromatic N) is 3. The number of rotatable bonds is 0. The van der Waals surface area contributed by atoms with Gasteiger partial charge in [-0.3, -0.25) is 38.4 Å². The molecule has 0 saturated carbocycles. The van der Waals surface area contributed by atoms with Crippen molar-refractivity contribution in [1.82, 2.24) is 15.3 Å². The average molecular weight is 740 g/mol. The smallest absolute Gasteiger partial charge is 0.210 e. The molecule has 4 N–H and O–H groups in total. The van der Waals surface area contributed by atoms with E-state index in [9.17, 15) is 38.4 Å². The molecule has 8 unspecified atom stereocenters. The number of amidine groups is 3. The number of aromatic amines is 2. The molecule has 15 nitrogen and oxygen atoms in total. The molecule has 15 heteroatoms. The number of aliphatic imine (C=N–C) groups is 3. The molecule has 2 aromatic heterocycles. The highest BCUT2D eigenvalue weighted by Crippen LogP contribution is 2.54. The molecule has 2 aromatic rings. The van der Waals surface area contributed by atoms with E-state index in [1.165, 1.54) is 0 Å². The highest BCUT2D eigenvalue weighted by molar-refractivity contribution is 6.49. The van der Waals surface area contributed by atoms with Gasteiger partial charge >= 0.3 is 0 Å². The Balaban J connectivity index is 1.10. The SMILES string of the molecule is O=C1C(=O)C2C=CC1C1=C2C2=NC1=Cc1[nH]c(c3c1C1C=CC3C(=O)C1=O)Nc1[nH]c(c3c1C1C=CC3C(=O)C1=O)N=C1N=C(N2)C2=C1C1C=CC2C(=O)C1=O. The molecule has 5 heterocycles. The second-order valence-electron chi connectivity index (χ2n) is 15.5. The van der Waals surface area contributed by atoms with Gasteiger partial charge in [0.25, 0.3) is 0 Å². The molecule has 16 bridgehead atoms. The number of Topliss-reactive ketones (excluding diaryl/α,β-unsaturated/α-hetero) is 8. The third kappa shape index (κ3) is 3.27. The number of carbonyl (C=O) groups excluding carboxylic acids is 8. The predicted molar refractivity (Wildman–Crippen MR) is 194 cm³/mol. The lowest BCUT2D eigenvalue weighted by atomic mass is 9.69. The predicted octanol–water partition coefficient (Wildman–Crippen LogP) is 2.16. The first-order valence-electron chi connectivity index (χ1n) is 18.2. The van der Waals surface area contributed by atoms with Crippen molar-refractivity contribution in [3.8, 4) is 0 Å². The van der Waals surface area contributed by atoms with Crippen molar-refractivity contribution in [3.05, 3.63) is 105 Å². The number of fused-ring (bicyclic) bond motifs is 10. The quantitative estimate of drug-likeness (QED) is 0.227. The van der Waals surface area contributed by atoms with Crippen molar-refractivity contribution < 1.29 is 38.4 Å². The molecule has 8 atom stereocenters. The normalized spacial score (nSPS) is 32.9. The van der Waals surface area contributed by atoms with Gasteiger partial charge in [-0.25, -0.2) is 15.0 Å². The van der Waals surface area contributed by atoms with Crippen molar-refractivity contribution in [2.45, 2.75) is 23.7 Å². The van der Waals surface area contributed by atoms with Crippen molar-refractivity contribution in [2.24, 2.45) is 38.6 Å². The van der Waals surface area contributed by atoms with Crippen molar-refractivity contribution >= 4 is 87.3 Å². The van der Waals surface area contributed by atoms with E-state index in [1.54, 1.807) is 54.7 Å². The monoisotopic (exact) mass is 739 g/mol. The second-order valence-corrected chi connectivity index (χ2v) is 15.5. The molecule has 0 spiro atoms. The lowest BCUT2D eigenvalue weighted by Crippen LogP contribution is -2.46. The van der Waals surface area contributed by atoms with Crippen molar-refractivity contribution in [3.63, 3.8) is 0 Å². The number of allylic oxidation sites excluding steroid dienone is 9. The molecule has 3 aliphatic heterocycles. The van der Waals surface area contributed by atoms with Crippen LogP contribution in [0.4, 0.5) is 17.5 Å². The van der Waals surface area contributed by atoms with E-state index >= 15 is 0 Å². The molecule has 17 rings (SSSR count). The summed E-state index contributed by atoms with van der Waals surface area (Å²) >= 11 is 0. The Hall–Kier alpha value is -7.29. The topological polar surface area (TPSA) is 229 Å². The molecule has 268 valence electrons. The van der Waals surface area contributed by atoms with Crippen LogP contribution in [-0.2, 0) is 38.4 Å². The lowest BCUT2D eigenvalue weighted by molar-refractivity contribution is -0.139. The number of ketones is 8. The molecule has 0 radical (unpaired) electrons. The zero-order chi connectivity index (χ0) is 37.8. The Morgan fingerprint density at radius 2 is 0.821 bits per heavy atom. The number of anilines is 2. The molecule has 12 aliphatic carbocycles. The Kier molecular flexibility index (Phi) is 5.10. The first-order valence-corrected chi connectivity index (χ1v) is 18.2. The van der Waals surface area contributed by atoms with Gasteiger partial charge in [0.15, 0.2) is 5.84 Å². The van der Waals surface area contributed by atoms with Crippen LogP contribution < -0.4 is 10.6 Å². The number of aromatic nitrogens is 2. The number of H-pyrrole nitrogens is 2. The fourth-order valence-electron chi connectivity index (χ4n) is 10.5. The van der Waals surface area contributed by atoms with Crippen LogP contribution in [0.1, 0.15) is 51.6 Å². The number of carbonyl (C=O) groups is 8. The minimum absolute atomic E-state index is 0.0978. The maximum Gasteiger partial charge on any atom is 0.210 e. The van der Waals surface area contributed by atoms with Crippen molar-refractivity contribution in [2.75, 3.05) is 5.32 Å². The van der Waals surface area contributed by atoms with E-state index in [4.69, 9.17) is 15.0 Å². The zero-order valence-electron chi connectivity index (χ0n) is 28.4. The van der Waals surface area contributed by atoms with E-state index in [0.29, 0.717) is 67.6 Å². The van der Waals surface area contributed by atoms with Crippen LogP contribution in [-0.4, -0.2) is 73.7 Å². The van der Waals surface area contributed by atoms with E-state index < -0.39 is 93.6 Å². The minimum Gasteiger partial charge on any atom is -0.341 e. The van der Waals surface area contributed by atoms with Gasteiger partial charge in [-0.15, -0.1) is 0 Å². The summed E-state index contributed by atoms with van der Waals surface area (Å²) in [5.41, 5.74) is 4.54. The van der Waals surface area contributed by atoms with Gasteiger partial charge in [-0.2, -0.15) is 0 Å². The van der Waals surface area contributed by atoms with Crippen LogP contribution in [0.15, 0.2) is 91.6 Å². The van der Waals surface area contributed by atoms with Gasteiger partial charge in [0.2, 0.25) is 46.3 Å². The third-order valence-electron chi connectivity index (χ3n) is 12.9. The summed E-state index contributed by atoms with van der Waals surface area (Å²) in [6.07, 6.45) is 15.1. The first-order chi connectivity index (χ1) is 27.1. The molecule has 0 fully saturated rings. The van der Waals surface area contributed by atoms with Gasteiger partial charge in [-0.05, 0) is 11.6 Å². The van der Waals surface area contributed by atoms with Crippen LogP contribution in [0, 0.1) is 23.7 Å². The first kappa shape index (κ1) is 30.1. The molecule has 56 heavy (non-hydrogen) atoms. The Labute approximate surface area is 312 Å². The molecule has 0 aromatic carbocycles. The largest absolute Gasteiger partial charge is 0.341 e. The van der Waals surface area contributed by atoms with E-state index in [0.717, 1.165) is 0 Å². The number of nitrogens with one attached hydrogen (secondary N) is 4. The third-order valence-corrected chi connectivity index (χ3v) is 12.9. The van der Waals surface area contributed by atoms with E-state index in [2.05, 4.69) is 20.6 Å². The standard InChI is InChI=1S/C41H21N7O8/c49-28-10-1-3-12(30(28)51)22-20(10)18-9-19-21-11-2-4-13(31(52)29(11)50)23(21)37(43-19)45-39-25-15-6-8-17(35(56)33(15)54)27(25)41(47-39)48-40-26-16-7-5-14(32(53)34(16)55)24(26)38(46-40)44-36(22)42-18/h1-17,42,44,46H,(H,43,45,47,48). The van der Waals surface area contributed by atoms with Crippen LogP contribution in [0.25, 0.3) is 6.08 Å². The summed E-state index contributed by atoms with van der Waals surface area (Å²) < 4.78 is 0. The maximum absolute atomic E-state index is 13.4. The van der Waals surface area contributed by atoms with Gasteiger partial charge in [0, 0.05) is 44.7 Å². The van der Waals surface area contributed by atoms with Gasteiger partial charge < -0.3 is 20.6 Å². The summed E-state index contributed by atoms with van der Waals surface area (Å²) in [5, 5.41) is 6.65. The summed E-state index contributed by atoms with van der Waals surface area (Å²) in [6, 6.07) is 0. The Morgan fingerprint density at radius 3 is 1.43 bits per heavy atom. The fourth-order valence-corrected chi connectivity index (χ4v) is 10.5. The minimum atomic E-state index is -0.981. The average Bonchev–Trinajstić information content (AvgIpc) is 3.96. The fraction of sp³-hybridized carbons (Fsp3) is 0.195. The van der Waals surface area contributed by atoms with Crippen molar-refractivity contribution in [1.29, 1.82) is 0 Å². The summed E-state index contributed by atoms with van der Waals surface area (Å²) in [5.74, 6) is -10.9. The van der Waals surface area contributed by atoms with E-state index in [1.807, 2.05) is 0 Å². The van der Waals surface area contributed by atoms with Crippen LogP contribution in [0.5, 0.6) is 0 Å². The summed E-state index contributed by atoms with van der Waals surface area (Å²) in [7, 11) is 0. The molecule has 0 amide bonds. The number of hydrogen-bond acceptors (Lipinski definition) is 13.